The molecule has 4 nitrogen and oxygen atoms in total. The maximum atomic E-state index is 9.54. The molecule has 112 valence electrons. The topological polar surface area (TPSA) is 85.2 Å². The SMILES string of the molecule is Nc1ccccc1N.Oc1ccccc1Cc1ccccn1. The minimum Gasteiger partial charge on any atom is -0.508 e. The van der Waals surface area contributed by atoms with Crippen molar-refractivity contribution in [1.82, 2.24) is 4.98 Å². The number of rotatable bonds is 2. The van der Waals surface area contributed by atoms with Gasteiger partial charge in [0, 0.05) is 18.3 Å². The van der Waals surface area contributed by atoms with E-state index < -0.39 is 0 Å². The van der Waals surface area contributed by atoms with E-state index >= 15 is 0 Å². The van der Waals surface area contributed by atoms with Crippen LogP contribution in [0.5, 0.6) is 5.75 Å². The zero-order valence-corrected chi connectivity index (χ0v) is 12.2. The summed E-state index contributed by atoms with van der Waals surface area (Å²) in [6.07, 6.45) is 2.43. The molecule has 0 bridgehead atoms. The number of benzene rings is 2. The van der Waals surface area contributed by atoms with Gasteiger partial charge >= 0.3 is 0 Å². The Balaban J connectivity index is 0.000000188. The molecule has 0 radical (unpaired) electrons. The number of nitrogens with zero attached hydrogens (tertiary/aromatic N) is 1. The molecule has 1 heterocycles. The van der Waals surface area contributed by atoms with Crippen LogP contribution >= 0.6 is 0 Å². The number of phenolic OH excluding ortho intramolecular Hbond substituents is 1. The van der Waals surface area contributed by atoms with Crippen molar-refractivity contribution < 1.29 is 5.11 Å². The van der Waals surface area contributed by atoms with E-state index in [0.717, 1.165) is 11.3 Å². The molecular formula is C18H19N3O. The van der Waals surface area contributed by atoms with Crippen LogP contribution in [0.25, 0.3) is 0 Å². The summed E-state index contributed by atoms with van der Waals surface area (Å²) in [5, 5.41) is 9.54. The van der Waals surface area contributed by atoms with Crippen LogP contribution in [0.3, 0.4) is 0 Å². The normalized spacial score (nSPS) is 9.64. The Hall–Kier alpha value is -3.01. The maximum absolute atomic E-state index is 9.54. The molecule has 0 aliphatic heterocycles. The highest BCUT2D eigenvalue weighted by atomic mass is 16.3. The number of aromatic hydroxyl groups is 1. The second-order valence-electron chi connectivity index (χ2n) is 4.76. The van der Waals surface area contributed by atoms with E-state index in [0.29, 0.717) is 23.5 Å². The van der Waals surface area contributed by atoms with Crippen LogP contribution in [0.1, 0.15) is 11.3 Å². The third-order valence-electron chi connectivity index (χ3n) is 3.09. The molecule has 0 saturated heterocycles. The second-order valence-corrected chi connectivity index (χ2v) is 4.76. The summed E-state index contributed by atoms with van der Waals surface area (Å²) in [6, 6.07) is 20.4. The molecular weight excluding hydrogens is 274 g/mol. The van der Waals surface area contributed by atoms with E-state index in [1.165, 1.54) is 0 Å². The van der Waals surface area contributed by atoms with Crippen LogP contribution in [0.2, 0.25) is 0 Å². The van der Waals surface area contributed by atoms with Crippen LogP contribution < -0.4 is 11.5 Å². The Morgan fingerprint density at radius 3 is 1.91 bits per heavy atom. The van der Waals surface area contributed by atoms with Crippen molar-refractivity contribution in [3.63, 3.8) is 0 Å². The first kappa shape index (κ1) is 15.4. The summed E-state index contributed by atoms with van der Waals surface area (Å²) in [5.41, 5.74) is 14.0. The Labute approximate surface area is 130 Å². The lowest BCUT2D eigenvalue weighted by Gasteiger charge is -2.02. The molecule has 0 amide bonds. The molecule has 0 atom stereocenters. The van der Waals surface area contributed by atoms with E-state index in [1.54, 1.807) is 24.4 Å². The quantitative estimate of drug-likeness (QED) is 0.633. The molecule has 0 saturated carbocycles. The largest absolute Gasteiger partial charge is 0.508 e. The summed E-state index contributed by atoms with van der Waals surface area (Å²) >= 11 is 0. The van der Waals surface area contributed by atoms with Crippen molar-refractivity contribution in [2.24, 2.45) is 0 Å². The Morgan fingerprint density at radius 1 is 0.773 bits per heavy atom. The Morgan fingerprint density at radius 2 is 1.36 bits per heavy atom. The molecule has 0 unspecified atom stereocenters. The first-order chi connectivity index (χ1) is 10.7. The third kappa shape index (κ3) is 4.52. The average Bonchev–Trinajstić information content (AvgIpc) is 2.54. The predicted octanol–water partition coefficient (Wildman–Crippen LogP) is 3.23. The monoisotopic (exact) mass is 293 g/mol. The van der Waals surface area contributed by atoms with Crippen LogP contribution in [-0.2, 0) is 6.42 Å². The lowest BCUT2D eigenvalue weighted by Crippen LogP contribution is -1.91. The van der Waals surface area contributed by atoms with Gasteiger partial charge in [-0.15, -0.1) is 0 Å². The molecule has 0 aliphatic rings. The van der Waals surface area contributed by atoms with Crippen molar-refractivity contribution >= 4 is 11.4 Å². The van der Waals surface area contributed by atoms with Crippen molar-refractivity contribution in [1.29, 1.82) is 0 Å². The molecule has 0 spiro atoms. The van der Waals surface area contributed by atoms with Gasteiger partial charge in [-0.25, -0.2) is 0 Å². The number of hydrogen-bond donors (Lipinski definition) is 3. The van der Waals surface area contributed by atoms with Gasteiger partial charge in [0.15, 0.2) is 0 Å². The van der Waals surface area contributed by atoms with Crippen LogP contribution in [-0.4, -0.2) is 10.1 Å². The van der Waals surface area contributed by atoms with Crippen molar-refractivity contribution in [2.75, 3.05) is 11.5 Å². The molecule has 3 rings (SSSR count). The van der Waals surface area contributed by atoms with Crippen LogP contribution in [0.15, 0.2) is 72.9 Å². The second kappa shape index (κ2) is 7.69. The number of anilines is 2. The standard InChI is InChI=1S/C12H11NO.C6H8N2/c14-12-7-2-1-5-10(12)9-11-6-3-4-8-13-11;7-5-3-1-2-4-6(5)8/h1-8,14H,9H2;1-4H,7-8H2. The van der Waals surface area contributed by atoms with E-state index in [4.69, 9.17) is 11.5 Å². The van der Waals surface area contributed by atoms with Gasteiger partial charge < -0.3 is 16.6 Å². The first-order valence-corrected chi connectivity index (χ1v) is 6.93. The first-order valence-electron chi connectivity index (χ1n) is 6.93. The fourth-order valence-electron chi connectivity index (χ4n) is 1.87. The van der Waals surface area contributed by atoms with Gasteiger partial charge in [0.1, 0.15) is 5.75 Å². The van der Waals surface area contributed by atoms with Gasteiger partial charge in [-0.1, -0.05) is 36.4 Å². The lowest BCUT2D eigenvalue weighted by atomic mass is 10.1. The summed E-state index contributed by atoms with van der Waals surface area (Å²) in [4.78, 5) is 4.20. The van der Waals surface area contributed by atoms with Gasteiger partial charge in [-0.3, -0.25) is 4.98 Å². The highest BCUT2D eigenvalue weighted by Crippen LogP contribution is 2.18. The third-order valence-corrected chi connectivity index (χ3v) is 3.09. The van der Waals surface area contributed by atoms with Crippen molar-refractivity contribution in [3.05, 3.63) is 84.2 Å². The van der Waals surface area contributed by atoms with Crippen LogP contribution in [0.4, 0.5) is 11.4 Å². The number of aromatic nitrogens is 1. The van der Waals surface area contributed by atoms with Gasteiger partial charge in [-0.05, 0) is 35.9 Å². The fraction of sp³-hybridized carbons (Fsp3) is 0.0556. The van der Waals surface area contributed by atoms with Crippen molar-refractivity contribution in [2.45, 2.75) is 6.42 Å². The molecule has 1 aromatic heterocycles. The molecule has 0 aliphatic carbocycles. The minimum absolute atomic E-state index is 0.332. The number of pyridine rings is 1. The highest BCUT2D eigenvalue weighted by Gasteiger charge is 2.00. The highest BCUT2D eigenvalue weighted by molar-refractivity contribution is 5.62. The average molecular weight is 293 g/mol. The van der Waals surface area contributed by atoms with Gasteiger partial charge in [0.25, 0.3) is 0 Å². The Kier molecular flexibility index (Phi) is 5.37. The smallest absolute Gasteiger partial charge is 0.119 e. The maximum Gasteiger partial charge on any atom is 0.119 e. The van der Waals surface area contributed by atoms with E-state index in [-0.39, 0.29) is 0 Å². The summed E-state index contributed by atoms with van der Waals surface area (Å²) in [6.45, 7) is 0. The number of nitrogens with two attached hydrogens (primary N) is 2. The summed E-state index contributed by atoms with van der Waals surface area (Å²) in [7, 11) is 0. The minimum atomic E-state index is 0.332. The summed E-state index contributed by atoms with van der Waals surface area (Å²) in [5.74, 6) is 0.332. The van der Waals surface area contributed by atoms with Crippen molar-refractivity contribution in [3.8, 4) is 5.75 Å². The van der Waals surface area contributed by atoms with E-state index in [9.17, 15) is 5.11 Å². The van der Waals surface area contributed by atoms with Gasteiger partial charge in [0.2, 0.25) is 0 Å². The molecule has 22 heavy (non-hydrogen) atoms. The van der Waals surface area contributed by atoms with Gasteiger partial charge in [-0.2, -0.15) is 0 Å². The number of para-hydroxylation sites is 3. The van der Waals surface area contributed by atoms with E-state index in [1.807, 2.05) is 48.5 Å². The molecule has 3 aromatic rings. The zero-order valence-electron chi connectivity index (χ0n) is 12.2. The molecule has 4 heteroatoms. The number of phenols is 1. The molecule has 5 N–H and O–H groups in total. The van der Waals surface area contributed by atoms with Gasteiger partial charge in [0.05, 0.1) is 11.4 Å². The van der Waals surface area contributed by atoms with E-state index in [2.05, 4.69) is 4.98 Å². The van der Waals surface area contributed by atoms with Crippen LogP contribution in [0, 0.1) is 0 Å². The summed E-state index contributed by atoms with van der Waals surface area (Å²) < 4.78 is 0. The molecule has 2 aromatic carbocycles. The number of nitrogen functional groups attached to an aromatic ring is 2. The zero-order chi connectivity index (χ0) is 15.8. The molecule has 0 fully saturated rings. The number of hydrogen-bond acceptors (Lipinski definition) is 4. The fourth-order valence-corrected chi connectivity index (χ4v) is 1.87. The lowest BCUT2D eigenvalue weighted by molar-refractivity contribution is 0.469. The predicted molar refractivity (Wildman–Crippen MR) is 90.4 cm³/mol. The Bertz CT molecular complexity index is 693.